The molecule has 0 aliphatic carbocycles. The normalized spacial score (nSPS) is 16.4. The second-order valence-electron chi connectivity index (χ2n) is 8.36. The van der Waals surface area contributed by atoms with Crippen molar-refractivity contribution >= 4 is 17.0 Å². The van der Waals surface area contributed by atoms with Crippen molar-refractivity contribution in [2.75, 3.05) is 20.8 Å². The van der Waals surface area contributed by atoms with Crippen molar-refractivity contribution in [3.63, 3.8) is 0 Å². The van der Waals surface area contributed by atoms with Crippen LogP contribution in [0, 0.1) is 0 Å². The van der Waals surface area contributed by atoms with Crippen LogP contribution in [-0.2, 0) is 30.5 Å². The van der Waals surface area contributed by atoms with Crippen LogP contribution in [0.2, 0.25) is 0 Å². The number of hydrogen-bond acceptors (Lipinski definition) is 6. The summed E-state index contributed by atoms with van der Waals surface area (Å²) in [6.45, 7) is 5.40. The van der Waals surface area contributed by atoms with Gasteiger partial charge in [-0.1, -0.05) is 45.5 Å². The molecule has 2 unspecified atom stereocenters. The summed E-state index contributed by atoms with van der Waals surface area (Å²) in [5, 5.41) is 9.67. The lowest BCUT2D eigenvalue weighted by Crippen LogP contribution is -2.39. The van der Waals surface area contributed by atoms with Crippen molar-refractivity contribution in [3.05, 3.63) is 82.4 Å². The van der Waals surface area contributed by atoms with Crippen LogP contribution in [0.5, 0.6) is 17.2 Å². The van der Waals surface area contributed by atoms with Gasteiger partial charge in [0.1, 0.15) is 11.3 Å². The molecule has 2 aliphatic rings. The van der Waals surface area contributed by atoms with Crippen LogP contribution in [0.4, 0.5) is 0 Å². The zero-order valence-corrected chi connectivity index (χ0v) is 21.8. The Hall–Kier alpha value is -3.36. The van der Waals surface area contributed by atoms with E-state index in [0.717, 1.165) is 35.2 Å². The molecule has 3 aromatic carbocycles. The topological polar surface area (TPSA) is 85.3 Å². The summed E-state index contributed by atoms with van der Waals surface area (Å²) in [5.74, 6) is 0.417. The maximum atomic E-state index is 12.9. The Bertz CT molecular complexity index is 1280. The van der Waals surface area contributed by atoms with Crippen molar-refractivity contribution < 1.29 is 27.8 Å². The molecule has 2 heterocycles. The second-order valence-corrected chi connectivity index (χ2v) is 9.47. The molecule has 8 heteroatoms. The van der Waals surface area contributed by atoms with E-state index in [9.17, 15) is 14.1 Å². The average Bonchev–Trinajstić information content (AvgIpc) is 2.92. The van der Waals surface area contributed by atoms with Crippen LogP contribution in [0.15, 0.2) is 59.5 Å². The third-order valence-electron chi connectivity index (χ3n) is 6.57. The van der Waals surface area contributed by atoms with Gasteiger partial charge in [-0.25, -0.2) is 9.00 Å². The molecular weight excluding hydrogens is 490 g/mol. The minimum Gasteiger partial charge on any atom is -0.496 e. The van der Waals surface area contributed by atoms with Crippen molar-refractivity contribution in [1.29, 1.82) is 0 Å². The van der Waals surface area contributed by atoms with Crippen molar-refractivity contribution in [3.8, 4) is 17.2 Å². The quantitative estimate of drug-likeness (QED) is 0.434. The maximum absolute atomic E-state index is 12.9. The summed E-state index contributed by atoms with van der Waals surface area (Å²) in [5.41, 5.74) is 4.33. The minimum absolute atomic E-state index is 0. The molecule has 0 saturated carbocycles. The Morgan fingerprint density at radius 2 is 1.70 bits per heavy atom. The summed E-state index contributed by atoms with van der Waals surface area (Å²) in [4.78, 5) is 14.7. The summed E-state index contributed by atoms with van der Waals surface area (Å²) in [6, 6.07) is 16.6. The fourth-order valence-corrected chi connectivity index (χ4v) is 5.69. The molecule has 5 rings (SSSR count). The van der Waals surface area contributed by atoms with Gasteiger partial charge >= 0.3 is 5.97 Å². The molecule has 7 nitrogen and oxygen atoms in total. The Balaban J connectivity index is 0.00000124. The molecule has 3 aromatic rings. The highest BCUT2D eigenvalue weighted by atomic mass is 32.2. The van der Waals surface area contributed by atoms with Gasteiger partial charge in [-0.3, -0.25) is 4.90 Å². The molecule has 0 bridgehead atoms. The first-order valence-corrected chi connectivity index (χ1v) is 13.1. The molecule has 0 aromatic heterocycles. The van der Waals surface area contributed by atoms with E-state index in [1.807, 2.05) is 50.2 Å². The number of aromatic carboxylic acids is 1. The first-order chi connectivity index (χ1) is 17.5. The molecule has 0 saturated heterocycles. The van der Waals surface area contributed by atoms with Crippen LogP contribution in [0.1, 0.15) is 59.9 Å². The molecule has 0 amide bonds. The fourth-order valence-electron chi connectivity index (χ4n) is 4.88. The largest absolute Gasteiger partial charge is 0.496 e. The molecule has 0 spiro atoms. The first-order valence-electron chi connectivity index (χ1n) is 12.0. The predicted molar refractivity (Wildman–Crippen MR) is 145 cm³/mol. The number of nitrogens with zero attached hydrogens (tertiary/aromatic N) is 1. The zero-order chi connectivity index (χ0) is 25.8. The molecular formula is C29H35NO6S. The van der Waals surface area contributed by atoms with Crippen LogP contribution in [-0.4, -0.2) is 40.9 Å². The van der Waals surface area contributed by atoms with E-state index in [1.165, 1.54) is 7.11 Å². The number of ether oxygens (including phenoxy) is 2. The van der Waals surface area contributed by atoms with Gasteiger partial charge in [0.15, 0.2) is 11.5 Å². The number of carbonyl (C=O) groups is 1. The highest BCUT2D eigenvalue weighted by molar-refractivity contribution is 7.80. The summed E-state index contributed by atoms with van der Waals surface area (Å²) in [6.07, 6.45) is 1.47. The molecule has 0 fully saturated rings. The Morgan fingerprint density at radius 3 is 2.35 bits per heavy atom. The highest BCUT2D eigenvalue weighted by Crippen LogP contribution is 2.45. The molecule has 0 radical (unpaired) electrons. The SMILES string of the molecule is C.CC.COc1cc2c(cc1C(=O)O)C1Cc3ccc(OC)c(OS(=O)c4ccccc4)c3CN1CC2. The molecule has 37 heavy (non-hydrogen) atoms. The lowest BCUT2D eigenvalue weighted by molar-refractivity contribution is 0.0692. The van der Waals surface area contributed by atoms with Gasteiger partial charge in [0.05, 0.1) is 19.1 Å². The standard InChI is InChI=1S/C26H25NO6S.C2H6.CH4/c1-31-23-9-8-16-12-22-19-14-20(26(28)29)24(32-2)13-17(19)10-11-27(22)15-21(16)25(23)33-34(30)18-6-4-3-5-7-18;1-2;/h3-9,13-14,22H,10-12,15H2,1-2H3,(H,28,29);1-2H3;1H4. The first kappa shape index (κ1) is 28.2. The Morgan fingerprint density at radius 1 is 1.00 bits per heavy atom. The van der Waals surface area contributed by atoms with Crippen LogP contribution < -0.4 is 13.7 Å². The predicted octanol–water partition coefficient (Wildman–Crippen LogP) is 5.82. The van der Waals surface area contributed by atoms with Crippen molar-refractivity contribution in [2.24, 2.45) is 0 Å². The van der Waals surface area contributed by atoms with Crippen LogP contribution >= 0.6 is 0 Å². The monoisotopic (exact) mass is 525 g/mol. The lowest BCUT2D eigenvalue weighted by Gasteiger charge is -2.42. The molecule has 2 atom stereocenters. The third-order valence-corrected chi connectivity index (χ3v) is 7.55. The van der Waals surface area contributed by atoms with Gasteiger partial charge in [-0.05, 0) is 59.9 Å². The summed E-state index contributed by atoms with van der Waals surface area (Å²) in [7, 11) is 3.07. The summed E-state index contributed by atoms with van der Waals surface area (Å²) >= 11 is -1.68. The van der Waals surface area contributed by atoms with E-state index < -0.39 is 17.0 Å². The Labute approximate surface area is 221 Å². The number of fused-ring (bicyclic) bond motifs is 4. The van der Waals surface area contributed by atoms with E-state index in [1.54, 1.807) is 25.3 Å². The minimum atomic E-state index is -1.68. The summed E-state index contributed by atoms with van der Waals surface area (Å²) < 4.78 is 29.8. The molecule has 2 aliphatic heterocycles. The number of rotatable bonds is 6. The number of benzene rings is 3. The van der Waals surface area contributed by atoms with E-state index in [4.69, 9.17) is 13.7 Å². The number of carboxylic acids is 1. The fraction of sp³-hybridized carbons (Fsp3) is 0.345. The van der Waals surface area contributed by atoms with Crippen molar-refractivity contribution in [2.45, 2.75) is 51.6 Å². The van der Waals surface area contributed by atoms with E-state index >= 15 is 0 Å². The van der Waals surface area contributed by atoms with E-state index in [-0.39, 0.29) is 19.0 Å². The van der Waals surface area contributed by atoms with E-state index in [0.29, 0.717) is 35.1 Å². The zero-order valence-electron chi connectivity index (χ0n) is 20.9. The molecule has 198 valence electrons. The number of hydrogen-bond donors (Lipinski definition) is 1. The van der Waals surface area contributed by atoms with Gasteiger partial charge in [-0.2, -0.15) is 0 Å². The second kappa shape index (κ2) is 12.3. The van der Waals surface area contributed by atoms with Crippen LogP contribution in [0.25, 0.3) is 0 Å². The van der Waals surface area contributed by atoms with E-state index in [2.05, 4.69) is 4.90 Å². The van der Waals surface area contributed by atoms with Gasteiger partial charge in [-0.15, -0.1) is 0 Å². The van der Waals surface area contributed by atoms with Crippen molar-refractivity contribution in [1.82, 2.24) is 4.90 Å². The average molecular weight is 526 g/mol. The van der Waals surface area contributed by atoms with Gasteiger partial charge in [0.25, 0.3) is 0 Å². The number of carboxylic acid groups (broad SMARTS) is 1. The van der Waals surface area contributed by atoms with Gasteiger partial charge in [0, 0.05) is 24.7 Å². The highest BCUT2D eigenvalue weighted by Gasteiger charge is 2.35. The number of methoxy groups -OCH3 is 2. The lowest BCUT2D eigenvalue weighted by atomic mass is 9.83. The van der Waals surface area contributed by atoms with Gasteiger partial charge in [0.2, 0.25) is 11.1 Å². The smallest absolute Gasteiger partial charge is 0.339 e. The third kappa shape index (κ3) is 5.50. The van der Waals surface area contributed by atoms with Crippen LogP contribution in [0.3, 0.4) is 0 Å². The maximum Gasteiger partial charge on any atom is 0.339 e. The molecule has 1 N–H and O–H groups in total. The van der Waals surface area contributed by atoms with Gasteiger partial charge < -0.3 is 18.8 Å². The Kier molecular flexibility index (Phi) is 9.34.